The van der Waals surface area contributed by atoms with Gasteiger partial charge in [-0.15, -0.1) is 11.8 Å². The fourth-order valence-electron chi connectivity index (χ4n) is 0.604. The van der Waals surface area contributed by atoms with Crippen molar-refractivity contribution >= 4 is 17.7 Å². The first-order valence-corrected chi connectivity index (χ1v) is 4.67. The van der Waals surface area contributed by atoms with Gasteiger partial charge < -0.3 is 15.4 Å². The highest BCUT2D eigenvalue weighted by atomic mass is 32.2. The van der Waals surface area contributed by atoms with E-state index in [9.17, 15) is 4.79 Å². The fraction of sp³-hybridized carbons (Fsp3) is 0.500. The van der Waals surface area contributed by atoms with E-state index in [2.05, 4.69) is 10.1 Å². The SMILES string of the molecule is NC(CSCc1ncno1)C(=O)O. The highest BCUT2D eigenvalue weighted by molar-refractivity contribution is 7.98. The Hall–Kier alpha value is -1.08. The van der Waals surface area contributed by atoms with E-state index in [1.165, 1.54) is 18.1 Å². The summed E-state index contributed by atoms with van der Waals surface area (Å²) >= 11 is 1.35. The van der Waals surface area contributed by atoms with Crippen LogP contribution < -0.4 is 5.73 Å². The molecule has 13 heavy (non-hydrogen) atoms. The number of hydrogen-bond donors (Lipinski definition) is 2. The molecule has 1 atom stereocenters. The van der Waals surface area contributed by atoms with Crippen LogP contribution in [0.5, 0.6) is 0 Å². The quantitative estimate of drug-likeness (QED) is 0.678. The molecule has 0 amide bonds. The van der Waals surface area contributed by atoms with Crippen molar-refractivity contribution in [2.75, 3.05) is 5.75 Å². The van der Waals surface area contributed by atoms with Crippen LogP contribution in [0.25, 0.3) is 0 Å². The number of carboxylic acid groups (broad SMARTS) is 1. The van der Waals surface area contributed by atoms with Gasteiger partial charge in [-0.1, -0.05) is 5.16 Å². The number of rotatable bonds is 5. The molecule has 0 aromatic carbocycles. The van der Waals surface area contributed by atoms with Crippen LogP contribution in [-0.2, 0) is 10.5 Å². The Balaban J connectivity index is 2.18. The summed E-state index contributed by atoms with van der Waals surface area (Å²) in [6, 6.07) is -0.840. The zero-order chi connectivity index (χ0) is 9.68. The van der Waals surface area contributed by atoms with Gasteiger partial charge in [0.2, 0.25) is 5.89 Å². The number of carbonyl (C=O) groups is 1. The summed E-state index contributed by atoms with van der Waals surface area (Å²) in [6.45, 7) is 0. The van der Waals surface area contributed by atoms with Crippen LogP contribution in [0, 0.1) is 0 Å². The highest BCUT2D eigenvalue weighted by Crippen LogP contribution is 2.09. The average Bonchev–Trinajstić information content (AvgIpc) is 2.56. The van der Waals surface area contributed by atoms with Gasteiger partial charge in [0.05, 0.1) is 5.75 Å². The number of hydrogen-bond acceptors (Lipinski definition) is 6. The van der Waals surface area contributed by atoms with Crippen molar-refractivity contribution in [1.29, 1.82) is 0 Å². The molecule has 0 saturated heterocycles. The van der Waals surface area contributed by atoms with E-state index in [4.69, 9.17) is 15.4 Å². The molecule has 72 valence electrons. The summed E-state index contributed by atoms with van der Waals surface area (Å²) in [4.78, 5) is 14.1. The van der Waals surface area contributed by atoms with Gasteiger partial charge in [0.15, 0.2) is 6.33 Å². The van der Waals surface area contributed by atoms with E-state index in [0.717, 1.165) is 0 Å². The van der Waals surface area contributed by atoms with E-state index in [-0.39, 0.29) is 0 Å². The third-order valence-corrected chi connectivity index (χ3v) is 2.29. The maximum Gasteiger partial charge on any atom is 0.321 e. The standard InChI is InChI=1S/C6H9N3O3S/c7-4(6(10)11)1-13-2-5-8-3-9-12-5/h3-4H,1-2,7H2,(H,10,11). The number of aromatic nitrogens is 2. The maximum atomic E-state index is 10.3. The Morgan fingerprint density at radius 3 is 3.15 bits per heavy atom. The number of carboxylic acids is 1. The second-order valence-electron chi connectivity index (χ2n) is 2.29. The Labute approximate surface area is 78.5 Å². The van der Waals surface area contributed by atoms with Crippen molar-refractivity contribution in [2.45, 2.75) is 11.8 Å². The molecule has 0 radical (unpaired) electrons. The van der Waals surface area contributed by atoms with Crippen molar-refractivity contribution in [3.05, 3.63) is 12.2 Å². The van der Waals surface area contributed by atoms with Crippen LogP contribution in [0.15, 0.2) is 10.9 Å². The third-order valence-electron chi connectivity index (χ3n) is 1.25. The lowest BCUT2D eigenvalue weighted by Gasteiger charge is -2.03. The molecule has 3 N–H and O–H groups in total. The summed E-state index contributed by atoms with van der Waals surface area (Å²) < 4.78 is 4.71. The zero-order valence-electron chi connectivity index (χ0n) is 6.71. The monoisotopic (exact) mass is 203 g/mol. The van der Waals surface area contributed by atoms with Gasteiger partial charge in [-0.2, -0.15) is 4.98 Å². The van der Waals surface area contributed by atoms with Crippen LogP contribution >= 0.6 is 11.8 Å². The van der Waals surface area contributed by atoms with Crippen LogP contribution in [0.4, 0.5) is 0 Å². The van der Waals surface area contributed by atoms with Crippen molar-refractivity contribution in [3.8, 4) is 0 Å². The summed E-state index contributed by atoms with van der Waals surface area (Å²) in [5, 5.41) is 11.9. The Kier molecular flexibility index (Phi) is 3.71. The second kappa shape index (κ2) is 4.83. The first-order chi connectivity index (χ1) is 6.20. The van der Waals surface area contributed by atoms with Crippen LogP contribution in [0.2, 0.25) is 0 Å². The van der Waals surface area contributed by atoms with Gasteiger partial charge in [-0.05, 0) is 0 Å². The van der Waals surface area contributed by atoms with E-state index in [1.54, 1.807) is 0 Å². The molecule has 1 aromatic rings. The number of aliphatic carboxylic acids is 1. The van der Waals surface area contributed by atoms with E-state index < -0.39 is 12.0 Å². The predicted octanol–water partition coefficient (Wildman–Crippen LogP) is -0.285. The minimum atomic E-state index is -1.00. The first-order valence-electron chi connectivity index (χ1n) is 3.52. The van der Waals surface area contributed by atoms with Gasteiger partial charge in [0, 0.05) is 5.75 Å². The molecule has 0 aliphatic heterocycles. The predicted molar refractivity (Wildman–Crippen MR) is 46.1 cm³/mol. The average molecular weight is 203 g/mol. The molecule has 1 heterocycles. The van der Waals surface area contributed by atoms with Gasteiger partial charge in [0.1, 0.15) is 6.04 Å². The molecule has 0 spiro atoms. The molecule has 1 aromatic heterocycles. The summed E-state index contributed by atoms with van der Waals surface area (Å²) in [6.07, 6.45) is 1.30. The van der Waals surface area contributed by atoms with Crippen molar-refractivity contribution in [1.82, 2.24) is 10.1 Å². The van der Waals surface area contributed by atoms with E-state index in [1.807, 2.05) is 0 Å². The number of nitrogens with zero attached hydrogens (tertiary/aromatic N) is 2. The summed E-state index contributed by atoms with van der Waals surface area (Å²) in [7, 11) is 0. The normalized spacial score (nSPS) is 12.7. The minimum Gasteiger partial charge on any atom is -0.480 e. The zero-order valence-corrected chi connectivity index (χ0v) is 7.53. The van der Waals surface area contributed by atoms with E-state index >= 15 is 0 Å². The van der Waals surface area contributed by atoms with Crippen LogP contribution in [-0.4, -0.2) is 33.0 Å². The number of nitrogens with two attached hydrogens (primary N) is 1. The molecule has 0 fully saturated rings. The smallest absolute Gasteiger partial charge is 0.321 e. The minimum absolute atomic E-state index is 0.331. The molecule has 1 unspecified atom stereocenters. The van der Waals surface area contributed by atoms with Gasteiger partial charge in [0.25, 0.3) is 0 Å². The highest BCUT2D eigenvalue weighted by Gasteiger charge is 2.11. The van der Waals surface area contributed by atoms with Crippen molar-refractivity contribution in [2.24, 2.45) is 5.73 Å². The second-order valence-corrected chi connectivity index (χ2v) is 3.33. The Morgan fingerprint density at radius 1 is 1.85 bits per heavy atom. The molecule has 0 aliphatic rings. The third kappa shape index (κ3) is 3.43. The molecule has 6 nitrogen and oxygen atoms in total. The first kappa shape index (κ1) is 10.0. The molecule has 0 aliphatic carbocycles. The van der Waals surface area contributed by atoms with E-state index in [0.29, 0.717) is 17.4 Å². The summed E-state index contributed by atoms with van der Waals surface area (Å²) in [5.41, 5.74) is 5.27. The van der Waals surface area contributed by atoms with Crippen LogP contribution in [0.1, 0.15) is 5.89 Å². The topological polar surface area (TPSA) is 102 Å². The molecular weight excluding hydrogens is 194 g/mol. The fourth-order valence-corrected chi connectivity index (χ4v) is 1.42. The number of thioether (sulfide) groups is 1. The van der Waals surface area contributed by atoms with Gasteiger partial charge >= 0.3 is 5.97 Å². The lowest BCUT2D eigenvalue weighted by atomic mass is 10.4. The maximum absolute atomic E-state index is 10.3. The molecule has 0 saturated carbocycles. The Morgan fingerprint density at radius 2 is 2.62 bits per heavy atom. The lowest BCUT2D eigenvalue weighted by molar-refractivity contribution is -0.137. The molecule has 7 heteroatoms. The molecule has 0 bridgehead atoms. The molecule has 1 rings (SSSR count). The van der Waals surface area contributed by atoms with Crippen molar-refractivity contribution in [3.63, 3.8) is 0 Å². The summed E-state index contributed by atoms with van der Waals surface area (Å²) in [5.74, 6) is 0.291. The largest absolute Gasteiger partial charge is 0.480 e. The van der Waals surface area contributed by atoms with Crippen LogP contribution in [0.3, 0.4) is 0 Å². The Bertz CT molecular complexity index is 264. The lowest BCUT2D eigenvalue weighted by Crippen LogP contribution is -2.32. The molecular formula is C6H9N3O3S. The van der Waals surface area contributed by atoms with Gasteiger partial charge in [-0.3, -0.25) is 4.79 Å². The van der Waals surface area contributed by atoms with Crippen molar-refractivity contribution < 1.29 is 14.4 Å². The van der Waals surface area contributed by atoms with Gasteiger partial charge in [-0.25, -0.2) is 0 Å².